The van der Waals surface area contributed by atoms with Crippen LogP contribution in [0.1, 0.15) is 12.0 Å². The first-order valence-electron chi connectivity index (χ1n) is 8.13. The average molecular weight is 343 g/mol. The maximum atomic E-state index is 5.88. The summed E-state index contributed by atoms with van der Waals surface area (Å²) in [6.45, 7) is 1.80. The number of hydrogen-bond donors (Lipinski definition) is 2. The van der Waals surface area contributed by atoms with Gasteiger partial charge in [-0.05, 0) is 36.2 Å². The molecule has 0 fully saturated rings. The molecule has 2 aromatic rings. The highest BCUT2D eigenvalue weighted by Crippen LogP contribution is 2.16. The van der Waals surface area contributed by atoms with Crippen LogP contribution in [0.2, 0.25) is 0 Å². The maximum absolute atomic E-state index is 5.88. The predicted octanol–water partition coefficient (Wildman–Crippen LogP) is 3.04. The molecule has 2 rings (SSSR count). The van der Waals surface area contributed by atoms with Gasteiger partial charge in [-0.2, -0.15) is 0 Å². The van der Waals surface area contributed by atoms with Crippen LogP contribution in [0.25, 0.3) is 0 Å². The second-order valence-electron chi connectivity index (χ2n) is 5.38. The molecule has 0 aliphatic heterocycles. The van der Waals surface area contributed by atoms with Crippen LogP contribution < -0.4 is 20.5 Å². The molecule has 0 saturated heterocycles. The van der Waals surface area contributed by atoms with E-state index in [1.54, 1.807) is 14.2 Å². The van der Waals surface area contributed by atoms with Gasteiger partial charge in [0.1, 0.15) is 11.5 Å². The quantitative estimate of drug-likeness (QED) is 0.416. The minimum absolute atomic E-state index is 0.378. The van der Waals surface area contributed by atoms with Crippen LogP contribution in [0.5, 0.6) is 11.5 Å². The molecule has 0 atom stereocenters. The Morgan fingerprint density at radius 1 is 1.04 bits per heavy atom. The zero-order valence-electron chi connectivity index (χ0n) is 14.7. The van der Waals surface area contributed by atoms with Crippen LogP contribution in [-0.2, 0) is 11.3 Å². The summed E-state index contributed by atoms with van der Waals surface area (Å²) < 4.78 is 15.9. The Hall–Kier alpha value is -2.73. The second kappa shape index (κ2) is 10.2. The first kappa shape index (κ1) is 18.6. The molecule has 6 heteroatoms. The van der Waals surface area contributed by atoms with Gasteiger partial charge in [0.25, 0.3) is 0 Å². The molecule has 0 saturated carbocycles. The van der Waals surface area contributed by atoms with Crippen molar-refractivity contribution in [1.82, 2.24) is 0 Å². The van der Waals surface area contributed by atoms with Gasteiger partial charge in [-0.3, -0.25) is 4.99 Å². The molecule has 0 spiro atoms. The molecule has 0 heterocycles. The number of nitrogens with one attached hydrogen (secondary N) is 1. The van der Waals surface area contributed by atoms with Crippen molar-refractivity contribution in [3.8, 4) is 11.5 Å². The van der Waals surface area contributed by atoms with Gasteiger partial charge in [0.2, 0.25) is 0 Å². The van der Waals surface area contributed by atoms with Crippen molar-refractivity contribution in [1.29, 1.82) is 0 Å². The van der Waals surface area contributed by atoms with Gasteiger partial charge in [-0.25, -0.2) is 0 Å². The highest BCUT2D eigenvalue weighted by Gasteiger charge is 1.98. The third kappa shape index (κ3) is 6.73. The van der Waals surface area contributed by atoms with E-state index in [0.717, 1.165) is 29.2 Å². The van der Waals surface area contributed by atoms with Crippen LogP contribution >= 0.6 is 0 Å². The average Bonchev–Trinajstić information content (AvgIpc) is 2.65. The largest absolute Gasteiger partial charge is 0.497 e. The van der Waals surface area contributed by atoms with Crippen LogP contribution in [-0.4, -0.2) is 33.3 Å². The lowest BCUT2D eigenvalue weighted by molar-refractivity contribution is 0.120. The summed E-state index contributed by atoms with van der Waals surface area (Å²) >= 11 is 0. The Labute approximate surface area is 148 Å². The summed E-state index contributed by atoms with van der Waals surface area (Å²) in [4.78, 5) is 4.29. The van der Waals surface area contributed by atoms with Gasteiger partial charge in [-0.1, -0.05) is 18.2 Å². The second-order valence-corrected chi connectivity index (χ2v) is 5.38. The first-order chi connectivity index (χ1) is 12.2. The van der Waals surface area contributed by atoms with Crippen molar-refractivity contribution in [3.05, 3.63) is 54.1 Å². The van der Waals surface area contributed by atoms with E-state index in [-0.39, 0.29) is 0 Å². The summed E-state index contributed by atoms with van der Waals surface area (Å²) in [5, 5.41) is 3.04. The molecule has 25 heavy (non-hydrogen) atoms. The Balaban J connectivity index is 1.64. The smallest absolute Gasteiger partial charge is 0.193 e. The standard InChI is InChI=1S/C19H25N3O3/c1-23-17-9-7-15(8-10-17)14-25-12-4-11-21-19(20)22-16-5-3-6-18(13-16)24-2/h3,5-10,13H,4,11-12,14H2,1-2H3,(H3,20,21,22). The van der Waals surface area contributed by atoms with Crippen LogP contribution in [0.4, 0.5) is 5.69 Å². The van der Waals surface area contributed by atoms with Gasteiger partial charge in [0.05, 0.1) is 20.8 Å². The van der Waals surface area contributed by atoms with E-state index in [9.17, 15) is 0 Å². The molecule has 0 amide bonds. The maximum Gasteiger partial charge on any atom is 0.193 e. The molecule has 0 bridgehead atoms. The van der Waals surface area contributed by atoms with Crippen LogP contribution in [0.3, 0.4) is 0 Å². The van der Waals surface area contributed by atoms with E-state index in [1.165, 1.54) is 0 Å². The first-order valence-corrected chi connectivity index (χ1v) is 8.13. The third-order valence-electron chi connectivity index (χ3n) is 3.50. The number of benzene rings is 2. The number of ether oxygens (including phenoxy) is 3. The lowest BCUT2D eigenvalue weighted by Crippen LogP contribution is -2.23. The van der Waals surface area contributed by atoms with E-state index in [2.05, 4.69) is 10.3 Å². The molecular formula is C19H25N3O3. The number of nitrogens with two attached hydrogens (primary N) is 1. The normalized spacial score (nSPS) is 11.2. The molecule has 3 N–H and O–H groups in total. The van der Waals surface area contributed by atoms with E-state index in [4.69, 9.17) is 19.9 Å². The SMILES string of the molecule is COc1ccc(COCCCN=C(N)Nc2cccc(OC)c2)cc1. The fourth-order valence-electron chi connectivity index (χ4n) is 2.17. The fraction of sp³-hybridized carbons (Fsp3) is 0.316. The Morgan fingerprint density at radius 3 is 2.52 bits per heavy atom. The highest BCUT2D eigenvalue weighted by atomic mass is 16.5. The Kier molecular flexibility index (Phi) is 7.59. The number of guanidine groups is 1. The number of hydrogen-bond acceptors (Lipinski definition) is 4. The molecule has 134 valence electrons. The van der Waals surface area contributed by atoms with E-state index >= 15 is 0 Å². The molecule has 6 nitrogen and oxygen atoms in total. The lowest BCUT2D eigenvalue weighted by Gasteiger charge is -2.07. The molecule has 0 aliphatic carbocycles. The highest BCUT2D eigenvalue weighted by molar-refractivity contribution is 5.92. The van der Waals surface area contributed by atoms with Crippen LogP contribution in [0, 0.1) is 0 Å². The number of aliphatic imine (C=N–C) groups is 1. The van der Waals surface area contributed by atoms with Crippen molar-refractivity contribution < 1.29 is 14.2 Å². The van der Waals surface area contributed by atoms with Gasteiger partial charge >= 0.3 is 0 Å². The third-order valence-corrected chi connectivity index (χ3v) is 3.50. The summed E-state index contributed by atoms with van der Waals surface area (Å²) in [6, 6.07) is 15.4. The fourth-order valence-corrected chi connectivity index (χ4v) is 2.17. The molecular weight excluding hydrogens is 318 g/mol. The van der Waals surface area contributed by atoms with Crippen molar-refractivity contribution in [2.45, 2.75) is 13.0 Å². The van der Waals surface area contributed by atoms with E-state index in [1.807, 2.05) is 48.5 Å². The summed E-state index contributed by atoms with van der Waals surface area (Å²) in [5.41, 5.74) is 7.83. The predicted molar refractivity (Wildman–Crippen MR) is 100 cm³/mol. The summed E-state index contributed by atoms with van der Waals surface area (Å²) in [7, 11) is 3.28. The molecule has 0 aromatic heterocycles. The molecule has 0 aliphatic rings. The molecule has 0 unspecified atom stereocenters. The zero-order chi connectivity index (χ0) is 17.9. The van der Waals surface area contributed by atoms with E-state index in [0.29, 0.717) is 25.7 Å². The minimum atomic E-state index is 0.378. The Bertz CT molecular complexity index is 672. The van der Waals surface area contributed by atoms with Gasteiger partial charge in [0.15, 0.2) is 5.96 Å². The summed E-state index contributed by atoms with van der Waals surface area (Å²) in [5.74, 6) is 1.99. The zero-order valence-corrected chi connectivity index (χ0v) is 14.7. The molecule has 2 aromatic carbocycles. The minimum Gasteiger partial charge on any atom is -0.497 e. The monoisotopic (exact) mass is 343 g/mol. The van der Waals surface area contributed by atoms with Crippen LogP contribution in [0.15, 0.2) is 53.5 Å². The number of rotatable bonds is 9. The lowest BCUT2D eigenvalue weighted by atomic mass is 10.2. The number of nitrogens with zero attached hydrogens (tertiary/aromatic N) is 1. The molecule has 0 radical (unpaired) electrons. The number of anilines is 1. The van der Waals surface area contributed by atoms with Crippen molar-refractivity contribution in [2.75, 3.05) is 32.7 Å². The van der Waals surface area contributed by atoms with Crippen molar-refractivity contribution >= 4 is 11.6 Å². The van der Waals surface area contributed by atoms with Gasteiger partial charge < -0.3 is 25.3 Å². The van der Waals surface area contributed by atoms with Gasteiger partial charge in [-0.15, -0.1) is 0 Å². The van der Waals surface area contributed by atoms with Crippen molar-refractivity contribution in [2.24, 2.45) is 10.7 Å². The van der Waals surface area contributed by atoms with E-state index < -0.39 is 0 Å². The summed E-state index contributed by atoms with van der Waals surface area (Å²) in [6.07, 6.45) is 0.802. The number of methoxy groups -OCH3 is 2. The van der Waals surface area contributed by atoms with Crippen molar-refractivity contribution in [3.63, 3.8) is 0 Å². The Morgan fingerprint density at radius 2 is 1.80 bits per heavy atom. The topological polar surface area (TPSA) is 78.1 Å². The van der Waals surface area contributed by atoms with Gasteiger partial charge in [0, 0.05) is 24.9 Å².